The van der Waals surface area contributed by atoms with Gasteiger partial charge in [0.2, 0.25) is 0 Å². The molecule has 0 aromatic heterocycles. The fourth-order valence-corrected chi connectivity index (χ4v) is 0.709. The molecule has 1 aliphatic heterocycles. The normalized spacial score (nSPS) is 24.4. The fraction of sp³-hybridized carbons (Fsp3) is 0.500. The molecule has 2 N–H and O–H groups in total. The molecule has 0 aromatic carbocycles. The summed E-state index contributed by atoms with van der Waals surface area (Å²) in [5.74, 6) is 0. The van der Waals surface area contributed by atoms with Gasteiger partial charge in [-0.25, -0.2) is 4.79 Å². The van der Waals surface area contributed by atoms with Crippen LogP contribution < -0.4 is 10.6 Å². The van der Waals surface area contributed by atoms with E-state index in [0.717, 1.165) is 0 Å². The van der Waals surface area contributed by atoms with E-state index >= 15 is 0 Å². The van der Waals surface area contributed by atoms with Gasteiger partial charge >= 0.3 is 6.09 Å². The highest BCUT2D eigenvalue weighted by Crippen LogP contribution is 1.93. The van der Waals surface area contributed by atoms with Crippen molar-refractivity contribution < 1.29 is 9.53 Å². The molecule has 1 heterocycles. The van der Waals surface area contributed by atoms with Crippen LogP contribution in [0.4, 0.5) is 4.79 Å². The van der Waals surface area contributed by atoms with E-state index in [9.17, 15) is 4.79 Å². The van der Waals surface area contributed by atoms with Crippen molar-refractivity contribution in [3.63, 3.8) is 0 Å². The number of thiocarbonyl (C=S) groups is 1. The van der Waals surface area contributed by atoms with Crippen molar-refractivity contribution in [1.82, 2.24) is 10.6 Å². The molecule has 1 amide bonds. The first kappa shape index (κ1) is 6.28. The van der Waals surface area contributed by atoms with E-state index < -0.39 is 6.09 Å². The van der Waals surface area contributed by atoms with Crippen LogP contribution >= 0.6 is 12.2 Å². The smallest absolute Gasteiger partial charge is 0.409 e. The number of cyclic esters (lactones) is 1. The predicted octanol–water partition coefficient (Wildman–Crippen LogP) is -0.401. The number of amides is 1. The van der Waals surface area contributed by atoms with E-state index in [1.54, 1.807) is 0 Å². The molecule has 1 saturated heterocycles. The standard InChI is InChI=1S/C4H6N2O2S/c7-4-5-1-3(8-4)6-2-9/h2-3H,1H2,(H,5,7)(H,6,9). The van der Waals surface area contributed by atoms with Gasteiger partial charge in [0.1, 0.15) is 0 Å². The van der Waals surface area contributed by atoms with E-state index in [2.05, 4.69) is 27.6 Å². The molecular weight excluding hydrogens is 140 g/mol. The number of nitrogens with one attached hydrogen (secondary N) is 2. The Morgan fingerprint density at radius 1 is 2.00 bits per heavy atom. The van der Waals surface area contributed by atoms with Crippen molar-refractivity contribution in [2.75, 3.05) is 6.54 Å². The van der Waals surface area contributed by atoms with Crippen molar-refractivity contribution in [1.29, 1.82) is 0 Å². The zero-order valence-corrected chi connectivity index (χ0v) is 5.40. The topological polar surface area (TPSA) is 50.4 Å². The van der Waals surface area contributed by atoms with Crippen molar-refractivity contribution in [3.8, 4) is 0 Å². The highest BCUT2D eigenvalue weighted by atomic mass is 32.1. The molecule has 0 aliphatic carbocycles. The summed E-state index contributed by atoms with van der Waals surface area (Å²) in [5.41, 5.74) is 1.32. The summed E-state index contributed by atoms with van der Waals surface area (Å²) in [6.07, 6.45) is -0.681. The van der Waals surface area contributed by atoms with Gasteiger partial charge in [-0.2, -0.15) is 0 Å². The molecular formula is C4H6N2O2S. The predicted molar refractivity (Wildman–Crippen MR) is 35.1 cm³/mol. The first-order chi connectivity index (χ1) is 4.33. The van der Waals surface area contributed by atoms with Gasteiger partial charge in [0, 0.05) is 0 Å². The SMILES string of the molecule is O=C1NCC(NC=S)O1. The van der Waals surface area contributed by atoms with Crippen LogP contribution in [-0.4, -0.2) is 24.4 Å². The first-order valence-electron chi connectivity index (χ1n) is 2.47. The van der Waals surface area contributed by atoms with Crippen molar-refractivity contribution in [2.24, 2.45) is 0 Å². The van der Waals surface area contributed by atoms with Gasteiger partial charge in [-0.05, 0) is 0 Å². The Balaban J connectivity index is 2.29. The van der Waals surface area contributed by atoms with Gasteiger partial charge < -0.3 is 15.4 Å². The largest absolute Gasteiger partial charge is 0.424 e. The number of carbonyl (C=O) groups excluding carboxylic acids is 1. The van der Waals surface area contributed by atoms with Crippen LogP contribution in [0, 0.1) is 0 Å². The van der Waals surface area contributed by atoms with Gasteiger partial charge in [0.25, 0.3) is 0 Å². The van der Waals surface area contributed by atoms with Crippen molar-refractivity contribution >= 4 is 23.8 Å². The monoisotopic (exact) mass is 146 g/mol. The summed E-state index contributed by atoms with van der Waals surface area (Å²) < 4.78 is 4.64. The lowest BCUT2D eigenvalue weighted by Gasteiger charge is -2.03. The third kappa shape index (κ3) is 1.53. The lowest BCUT2D eigenvalue weighted by molar-refractivity contribution is 0.134. The minimum absolute atomic E-state index is 0.282. The van der Waals surface area contributed by atoms with Crippen LogP contribution in [0.1, 0.15) is 0 Å². The average molecular weight is 146 g/mol. The quantitative estimate of drug-likeness (QED) is 0.520. The van der Waals surface area contributed by atoms with Gasteiger partial charge in [-0.15, -0.1) is 0 Å². The van der Waals surface area contributed by atoms with E-state index in [1.807, 2.05) is 0 Å². The van der Waals surface area contributed by atoms with Crippen LogP contribution in [0.3, 0.4) is 0 Å². The maximum Gasteiger partial charge on any atom is 0.409 e. The van der Waals surface area contributed by atoms with Gasteiger partial charge in [0.05, 0.1) is 12.0 Å². The zero-order valence-electron chi connectivity index (χ0n) is 4.59. The number of hydrogen-bond donors (Lipinski definition) is 2. The Hall–Kier alpha value is -0.840. The van der Waals surface area contributed by atoms with E-state index in [4.69, 9.17) is 0 Å². The molecule has 5 heteroatoms. The Bertz CT molecular complexity index is 139. The van der Waals surface area contributed by atoms with Crippen LogP contribution in [0.25, 0.3) is 0 Å². The first-order valence-corrected chi connectivity index (χ1v) is 2.94. The van der Waals surface area contributed by atoms with Gasteiger partial charge in [-0.1, -0.05) is 12.2 Å². The third-order valence-electron chi connectivity index (χ3n) is 0.935. The summed E-state index contributed by atoms with van der Waals surface area (Å²) in [4.78, 5) is 10.3. The number of ether oxygens (including phenoxy) is 1. The zero-order chi connectivity index (χ0) is 6.69. The highest BCUT2D eigenvalue weighted by Gasteiger charge is 2.20. The minimum atomic E-state index is -0.399. The Morgan fingerprint density at radius 2 is 2.78 bits per heavy atom. The third-order valence-corrected chi connectivity index (χ3v) is 1.07. The molecule has 0 spiro atoms. The Kier molecular flexibility index (Phi) is 1.84. The minimum Gasteiger partial charge on any atom is -0.424 e. The summed E-state index contributed by atoms with van der Waals surface area (Å²) in [5, 5.41) is 5.12. The summed E-state index contributed by atoms with van der Waals surface area (Å²) >= 11 is 4.47. The molecule has 1 aliphatic rings. The second-order valence-corrected chi connectivity index (χ2v) is 1.80. The summed E-state index contributed by atoms with van der Waals surface area (Å²) in [6, 6.07) is 0. The molecule has 1 rings (SSSR count). The summed E-state index contributed by atoms with van der Waals surface area (Å²) in [6.45, 7) is 0.478. The van der Waals surface area contributed by atoms with Crippen LogP contribution in [0.15, 0.2) is 0 Å². The lowest BCUT2D eigenvalue weighted by Crippen LogP contribution is -2.29. The second-order valence-electron chi connectivity index (χ2n) is 1.56. The molecule has 4 nitrogen and oxygen atoms in total. The van der Waals surface area contributed by atoms with Crippen molar-refractivity contribution in [3.05, 3.63) is 0 Å². The molecule has 50 valence electrons. The van der Waals surface area contributed by atoms with E-state index in [-0.39, 0.29) is 6.23 Å². The highest BCUT2D eigenvalue weighted by molar-refractivity contribution is 7.78. The molecule has 1 fully saturated rings. The number of carbonyl (C=O) groups is 1. The van der Waals surface area contributed by atoms with Crippen molar-refractivity contribution in [2.45, 2.75) is 6.23 Å². The van der Waals surface area contributed by atoms with E-state index in [1.165, 1.54) is 5.49 Å². The molecule has 0 saturated carbocycles. The average Bonchev–Trinajstić information content (AvgIpc) is 2.17. The number of rotatable bonds is 2. The molecule has 9 heavy (non-hydrogen) atoms. The Morgan fingerprint density at radius 3 is 3.22 bits per heavy atom. The number of hydrogen-bond acceptors (Lipinski definition) is 3. The van der Waals surface area contributed by atoms with Crippen LogP contribution in [0.2, 0.25) is 0 Å². The maximum atomic E-state index is 10.3. The van der Waals surface area contributed by atoms with Gasteiger partial charge in [0.15, 0.2) is 6.23 Å². The molecule has 0 radical (unpaired) electrons. The maximum absolute atomic E-state index is 10.3. The second kappa shape index (κ2) is 2.63. The van der Waals surface area contributed by atoms with Crippen LogP contribution in [0.5, 0.6) is 0 Å². The van der Waals surface area contributed by atoms with E-state index in [0.29, 0.717) is 6.54 Å². The lowest BCUT2D eigenvalue weighted by atomic mass is 10.6. The number of alkyl carbamates (subject to hydrolysis) is 1. The molecule has 0 bridgehead atoms. The molecule has 1 unspecified atom stereocenters. The fourth-order valence-electron chi connectivity index (χ4n) is 0.557. The molecule has 0 aromatic rings. The van der Waals surface area contributed by atoms with Crippen LogP contribution in [-0.2, 0) is 4.74 Å². The molecule has 1 atom stereocenters. The van der Waals surface area contributed by atoms with Gasteiger partial charge in [-0.3, -0.25) is 0 Å². The summed E-state index contributed by atoms with van der Waals surface area (Å²) in [7, 11) is 0. The Labute approximate surface area is 57.6 Å².